The molecule has 0 saturated carbocycles. The first-order chi connectivity index (χ1) is 9.61. The third kappa shape index (κ3) is 3.74. The topological polar surface area (TPSA) is 83.9 Å². The predicted octanol–water partition coefficient (Wildman–Crippen LogP) is 1.80. The van der Waals surface area contributed by atoms with Gasteiger partial charge in [0.25, 0.3) is 0 Å². The molecule has 21 heavy (non-hydrogen) atoms. The number of hydrogen-bond acceptors (Lipinski definition) is 4. The van der Waals surface area contributed by atoms with E-state index in [2.05, 4.69) is 0 Å². The van der Waals surface area contributed by atoms with Crippen LogP contribution >= 0.6 is 0 Å². The lowest BCUT2D eigenvalue weighted by Gasteiger charge is -2.26. The SMILES string of the molecule is COc1cc(C)c(S(=O)(=O)N(CC(=O)O)C(C)C)c(C)c1. The number of methoxy groups -OCH3 is 1. The second-order valence-corrected chi connectivity index (χ2v) is 6.96. The highest BCUT2D eigenvalue weighted by Crippen LogP contribution is 2.29. The monoisotopic (exact) mass is 315 g/mol. The zero-order chi connectivity index (χ0) is 16.4. The zero-order valence-corrected chi connectivity index (χ0v) is 13.7. The minimum absolute atomic E-state index is 0.137. The third-order valence-corrected chi connectivity index (χ3v) is 5.43. The van der Waals surface area contributed by atoms with Gasteiger partial charge in [-0.15, -0.1) is 0 Å². The minimum atomic E-state index is -3.88. The van der Waals surface area contributed by atoms with Crippen molar-refractivity contribution in [1.29, 1.82) is 0 Å². The normalized spacial score (nSPS) is 12.0. The summed E-state index contributed by atoms with van der Waals surface area (Å²) in [6, 6.07) is 2.80. The van der Waals surface area contributed by atoms with Crippen molar-refractivity contribution in [1.82, 2.24) is 4.31 Å². The van der Waals surface area contributed by atoms with Crippen molar-refractivity contribution < 1.29 is 23.1 Å². The van der Waals surface area contributed by atoms with Crippen molar-refractivity contribution >= 4 is 16.0 Å². The Bertz CT molecular complexity index is 614. The van der Waals surface area contributed by atoms with Crippen molar-refractivity contribution in [3.8, 4) is 5.75 Å². The summed E-state index contributed by atoms with van der Waals surface area (Å²) in [6.45, 7) is 6.07. The highest BCUT2D eigenvalue weighted by Gasteiger charge is 2.31. The van der Waals surface area contributed by atoms with E-state index in [9.17, 15) is 13.2 Å². The molecule has 0 aliphatic carbocycles. The fourth-order valence-electron chi connectivity index (χ4n) is 2.23. The maximum atomic E-state index is 12.8. The molecule has 0 atom stereocenters. The highest BCUT2D eigenvalue weighted by atomic mass is 32.2. The maximum absolute atomic E-state index is 12.8. The van der Waals surface area contributed by atoms with Crippen LogP contribution in [-0.4, -0.2) is 43.5 Å². The summed E-state index contributed by atoms with van der Waals surface area (Å²) < 4.78 is 31.6. The van der Waals surface area contributed by atoms with Gasteiger partial charge in [0.05, 0.1) is 12.0 Å². The number of benzene rings is 1. The molecule has 0 radical (unpaired) electrons. The summed E-state index contributed by atoms with van der Waals surface area (Å²) in [4.78, 5) is 11.1. The molecule has 0 aliphatic heterocycles. The second-order valence-electron chi connectivity index (χ2n) is 5.13. The van der Waals surface area contributed by atoms with Gasteiger partial charge in [-0.1, -0.05) is 0 Å². The number of carboxylic acid groups (broad SMARTS) is 1. The number of rotatable bonds is 6. The predicted molar refractivity (Wildman–Crippen MR) is 79.1 cm³/mol. The largest absolute Gasteiger partial charge is 0.497 e. The van der Waals surface area contributed by atoms with Crippen LogP contribution in [0.1, 0.15) is 25.0 Å². The third-order valence-electron chi connectivity index (χ3n) is 3.10. The molecule has 6 nitrogen and oxygen atoms in total. The van der Waals surface area contributed by atoms with Crippen LogP contribution in [0.3, 0.4) is 0 Å². The average molecular weight is 315 g/mol. The molecule has 0 fully saturated rings. The van der Waals surface area contributed by atoms with E-state index in [1.165, 1.54) is 7.11 Å². The van der Waals surface area contributed by atoms with Crippen LogP contribution in [-0.2, 0) is 14.8 Å². The molecule has 0 spiro atoms. The molecule has 0 aromatic heterocycles. The number of sulfonamides is 1. The van der Waals surface area contributed by atoms with Crippen molar-refractivity contribution in [2.24, 2.45) is 0 Å². The Morgan fingerprint density at radius 2 is 1.76 bits per heavy atom. The Morgan fingerprint density at radius 3 is 2.10 bits per heavy atom. The molecule has 0 heterocycles. The van der Waals surface area contributed by atoms with Crippen LogP contribution < -0.4 is 4.74 Å². The van der Waals surface area contributed by atoms with Gasteiger partial charge in [0.2, 0.25) is 10.0 Å². The summed E-state index contributed by atoms with van der Waals surface area (Å²) in [6.07, 6.45) is 0. The first-order valence-electron chi connectivity index (χ1n) is 6.50. The first kappa shape index (κ1) is 17.5. The zero-order valence-electron chi connectivity index (χ0n) is 12.9. The lowest BCUT2D eigenvalue weighted by Crippen LogP contribution is -2.41. The second kappa shape index (κ2) is 6.44. The van der Waals surface area contributed by atoms with Crippen molar-refractivity contribution in [3.63, 3.8) is 0 Å². The maximum Gasteiger partial charge on any atom is 0.318 e. The number of hydrogen-bond donors (Lipinski definition) is 1. The van der Waals surface area contributed by atoms with Gasteiger partial charge in [-0.2, -0.15) is 4.31 Å². The fourth-order valence-corrected chi connectivity index (χ4v) is 4.23. The van der Waals surface area contributed by atoms with Gasteiger partial charge in [0, 0.05) is 6.04 Å². The number of carboxylic acids is 1. The number of ether oxygens (including phenoxy) is 1. The molecule has 1 rings (SSSR count). The van der Waals surface area contributed by atoms with E-state index in [4.69, 9.17) is 9.84 Å². The van der Waals surface area contributed by atoms with Gasteiger partial charge in [-0.05, 0) is 51.0 Å². The van der Waals surface area contributed by atoms with Crippen LogP contribution in [0, 0.1) is 13.8 Å². The number of nitrogens with zero attached hydrogens (tertiary/aromatic N) is 1. The van der Waals surface area contributed by atoms with E-state index in [-0.39, 0.29) is 4.90 Å². The molecule has 118 valence electrons. The molecule has 7 heteroatoms. The molecule has 0 bridgehead atoms. The van der Waals surface area contributed by atoms with E-state index in [1.807, 2.05) is 0 Å². The van der Waals surface area contributed by atoms with Crippen LogP contribution in [0.2, 0.25) is 0 Å². The smallest absolute Gasteiger partial charge is 0.318 e. The van der Waals surface area contributed by atoms with Crippen LogP contribution in [0.25, 0.3) is 0 Å². The molecular formula is C14H21NO5S. The van der Waals surface area contributed by atoms with Gasteiger partial charge in [-0.25, -0.2) is 8.42 Å². The molecule has 1 N–H and O–H groups in total. The molecule has 1 aromatic carbocycles. The Hall–Kier alpha value is -1.60. The molecule has 1 aromatic rings. The average Bonchev–Trinajstić information content (AvgIpc) is 2.33. The van der Waals surface area contributed by atoms with E-state index in [0.29, 0.717) is 16.9 Å². The van der Waals surface area contributed by atoms with E-state index < -0.39 is 28.6 Å². The summed E-state index contributed by atoms with van der Waals surface area (Å²) in [5.74, 6) is -0.616. The van der Waals surface area contributed by atoms with Gasteiger partial charge in [0.15, 0.2) is 0 Å². The number of aliphatic carboxylic acids is 1. The highest BCUT2D eigenvalue weighted by molar-refractivity contribution is 7.89. The standard InChI is InChI=1S/C14H21NO5S/c1-9(2)15(8-13(16)17)21(18,19)14-10(3)6-12(20-5)7-11(14)4/h6-7,9H,8H2,1-5H3,(H,16,17). The molecule has 0 saturated heterocycles. The van der Waals surface area contributed by atoms with E-state index in [1.54, 1.807) is 39.8 Å². The van der Waals surface area contributed by atoms with Crippen molar-refractivity contribution in [2.75, 3.05) is 13.7 Å². The van der Waals surface area contributed by atoms with Gasteiger partial charge in [-0.3, -0.25) is 4.79 Å². The molecule has 0 aliphatic rings. The summed E-state index contributed by atoms with van der Waals surface area (Å²) in [5, 5.41) is 8.94. The summed E-state index contributed by atoms with van der Waals surface area (Å²) in [5.41, 5.74) is 1.06. The Kier molecular flexibility index (Phi) is 5.36. The number of aryl methyl sites for hydroxylation is 2. The van der Waals surface area contributed by atoms with Crippen LogP contribution in [0.4, 0.5) is 0 Å². The Balaban J connectivity index is 3.45. The molecular weight excluding hydrogens is 294 g/mol. The van der Waals surface area contributed by atoms with Crippen molar-refractivity contribution in [2.45, 2.75) is 38.6 Å². The van der Waals surface area contributed by atoms with E-state index in [0.717, 1.165) is 4.31 Å². The van der Waals surface area contributed by atoms with Gasteiger partial charge >= 0.3 is 5.97 Å². The van der Waals surface area contributed by atoms with E-state index >= 15 is 0 Å². The van der Waals surface area contributed by atoms with Gasteiger partial charge < -0.3 is 9.84 Å². The Morgan fingerprint density at radius 1 is 1.29 bits per heavy atom. The summed E-state index contributed by atoms with van der Waals surface area (Å²) in [7, 11) is -2.38. The van der Waals surface area contributed by atoms with Gasteiger partial charge in [0.1, 0.15) is 12.3 Å². The lowest BCUT2D eigenvalue weighted by atomic mass is 10.1. The quantitative estimate of drug-likeness (QED) is 0.865. The molecule has 0 unspecified atom stereocenters. The summed E-state index contributed by atoms with van der Waals surface area (Å²) >= 11 is 0. The number of carbonyl (C=O) groups is 1. The van der Waals surface area contributed by atoms with Crippen LogP contribution in [0.5, 0.6) is 5.75 Å². The van der Waals surface area contributed by atoms with Crippen LogP contribution in [0.15, 0.2) is 17.0 Å². The Labute approximate surface area is 125 Å². The minimum Gasteiger partial charge on any atom is -0.497 e. The van der Waals surface area contributed by atoms with Crippen molar-refractivity contribution in [3.05, 3.63) is 23.3 Å². The lowest BCUT2D eigenvalue weighted by molar-refractivity contribution is -0.137. The first-order valence-corrected chi connectivity index (χ1v) is 7.94. The molecule has 0 amide bonds. The fraction of sp³-hybridized carbons (Fsp3) is 0.500.